The number of nitrogen functional groups attached to an aromatic ring is 1. The fraction of sp³-hybridized carbons (Fsp3) is 0.208. The predicted octanol–water partition coefficient (Wildman–Crippen LogP) is 2.14. The van der Waals surface area contributed by atoms with Crippen molar-refractivity contribution in [3.63, 3.8) is 0 Å². The number of carbonyl (C=O) groups is 3. The molecule has 0 fully saturated rings. The first-order chi connectivity index (χ1) is 17.8. The first kappa shape index (κ1) is 23.9. The number of rotatable bonds is 7. The number of benzene rings is 1. The van der Waals surface area contributed by atoms with E-state index < -0.39 is 35.3 Å². The molecule has 0 radical (unpaired) electrons. The van der Waals surface area contributed by atoms with Crippen LogP contribution in [0.25, 0.3) is 22.6 Å². The second-order valence-electron chi connectivity index (χ2n) is 8.23. The molecule has 4 aromatic rings. The minimum absolute atomic E-state index is 0.0235. The highest BCUT2D eigenvalue weighted by atomic mass is 19.1. The number of hydrogen-bond acceptors (Lipinski definition) is 9. The number of nitrogens with zero attached hydrogens (tertiary/aromatic N) is 5. The maximum atomic E-state index is 14.3. The summed E-state index contributed by atoms with van der Waals surface area (Å²) in [6.07, 6.45) is 0.870. The fourth-order valence-corrected chi connectivity index (χ4v) is 4.37. The van der Waals surface area contributed by atoms with Gasteiger partial charge >= 0.3 is 5.97 Å². The molecule has 1 unspecified atom stereocenters. The van der Waals surface area contributed by atoms with Crippen LogP contribution in [0.3, 0.4) is 0 Å². The van der Waals surface area contributed by atoms with Crippen LogP contribution in [0.4, 0.5) is 20.4 Å². The highest BCUT2D eigenvalue weighted by molar-refractivity contribution is 6.21. The molecule has 1 aliphatic rings. The molecule has 1 aromatic carbocycles. The standard InChI is InChI=1S/C24H19F2N7O4/c1-2-37-23(36)24(7-8-34)16-18(27)29-20(30-19(16)31-22(24)35)17-14-9-13(25)10-28-21(14)33(32-17)11-12-5-3-4-6-15(12)26/h3-6,8-10H,2,7,11H2,1H3,(H3,27,29,30,31,35). The molecule has 5 rings (SSSR count). The molecule has 13 heteroatoms. The summed E-state index contributed by atoms with van der Waals surface area (Å²) in [6, 6.07) is 7.27. The smallest absolute Gasteiger partial charge is 0.326 e. The maximum absolute atomic E-state index is 14.3. The molecule has 0 spiro atoms. The van der Waals surface area contributed by atoms with E-state index in [1.165, 1.54) is 16.8 Å². The molecule has 37 heavy (non-hydrogen) atoms. The van der Waals surface area contributed by atoms with Crippen LogP contribution in [0.15, 0.2) is 36.5 Å². The zero-order chi connectivity index (χ0) is 26.3. The van der Waals surface area contributed by atoms with E-state index in [2.05, 4.69) is 25.4 Å². The lowest BCUT2D eigenvalue weighted by Gasteiger charge is -2.23. The number of carbonyl (C=O) groups excluding carboxylic acids is 3. The van der Waals surface area contributed by atoms with Crippen molar-refractivity contribution in [1.82, 2.24) is 24.7 Å². The molecule has 3 N–H and O–H groups in total. The van der Waals surface area contributed by atoms with Crippen LogP contribution in [0.1, 0.15) is 24.5 Å². The Kier molecular flexibility index (Phi) is 5.82. The van der Waals surface area contributed by atoms with Gasteiger partial charge in [0.05, 0.1) is 30.3 Å². The number of hydrogen-bond donors (Lipinski definition) is 2. The summed E-state index contributed by atoms with van der Waals surface area (Å²) in [5.41, 5.74) is 4.67. The lowest BCUT2D eigenvalue weighted by atomic mass is 9.79. The number of aldehydes is 1. The molecular weight excluding hydrogens is 488 g/mol. The summed E-state index contributed by atoms with van der Waals surface area (Å²) in [5, 5.41) is 7.13. The summed E-state index contributed by atoms with van der Waals surface area (Å²) in [5.74, 6) is -3.40. The van der Waals surface area contributed by atoms with Gasteiger partial charge < -0.3 is 20.6 Å². The Morgan fingerprint density at radius 1 is 1.27 bits per heavy atom. The van der Waals surface area contributed by atoms with Crippen LogP contribution in [0.2, 0.25) is 0 Å². The van der Waals surface area contributed by atoms with Crippen molar-refractivity contribution in [3.05, 3.63) is 59.3 Å². The van der Waals surface area contributed by atoms with E-state index in [1.807, 2.05) is 0 Å². The number of ether oxygens (including phenoxy) is 1. The van der Waals surface area contributed by atoms with Crippen molar-refractivity contribution in [2.24, 2.45) is 0 Å². The molecule has 3 aromatic heterocycles. The summed E-state index contributed by atoms with van der Waals surface area (Å²) in [6.45, 7) is 1.49. The number of nitrogens with one attached hydrogen (secondary N) is 1. The minimum atomic E-state index is -2.05. The summed E-state index contributed by atoms with van der Waals surface area (Å²) >= 11 is 0. The van der Waals surface area contributed by atoms with Crippen LogP contribution in [-0.2, 0) is 31.1 Å². The van der Waals surface area contributed by atoms with Gasteiger partial charge in [-0.3, -0.25) is 9.59 Å². The van der Waals surface area contributed by atoms with Gasteiger partial charge in [0.1, 0.15) is 35.3 Å². The van der Waals surface area contributed by atoms with E-state index in [4.69, 9.17) is 10.5 Å². The molecule has 4 heterocycles. The Hall–Kier alpha value is -4.81. The van der Waals surface area contributed by atoms with Crippen molar-refractivity contribution >= 4 is 40.8 Å². The van der Waals surface area contributed by atoms with Crippen LogP contribution >= 0.6 is 0 Å². The number of amides is 1. The summed E-state index contributed by atoms with van der Waals surface area (Å²) in [4.78, 5) is 49.8. The number of nitrogens with two attached hydrogens (primary N) is 1. The van der Waals surface area contributed by atoms with E-state index in [0.717, 1.165) is 6.20 Å². The van der Waals surface area contributed by atoms with Crippen molar-refractivity contribution < 1.29 is 27.9 Å². The van der Waals surface area contributed by atoms with E-state index in [-0.39, 0.29) is 52.9 Å². The van der Waals surface area contributed by atoms with Gasteiger partial charge in [-0.2, -0.15) is 5.10 Å². The zero-order valence-electron chi connectivity index (χ0n) is 19.4. The third-order valence-corrected chi connectivity index (χ3v) is 6.04. The Labute approximate surface area is 207 Å². The Morgan fingerprint density at radius 2 is 2.05 bits per heavy atom. The first-order valence-corrected chi connectivity index (χ1v) is 11.2. The Bertz CT molecular complexity index is 1590. The third kappa shape index (κ3) is 3.75. The van der Waals surface area contributed by atoms with Gasteiger partial charge in [-0.05, 0) is 19.1 Å². The van der Waals surface area contributed by atoms with Crippen LogP contribution in [-0.4, -0.2) is 49.5 Å². The van der Waals surface area contributed by atoms with Gasteiger partial charge in [-0.15, -0.1) is 0 Å². The van der Waals surface area contributed by atoms with Crippen molar-refractivity contribution in [2.75, 3.05) is 17.7 Å². The molecule has 1 atom stereocenters. The van der Waals surface area contributed by atoms with Gasteiger partial charge in [-0.1, -0.05) is 18.2 Å². The van der Waals surface area contributed by atoms with Gasteiger partial charge in [0, 0.05) is 12.0 Å². The number of halogens is 2. The predicted molar refractivity (Wildman–Crippen MR) is 126 cm³/mol. The van der Waals surface area contributed by atoms with Crippen molar-refractivity contribution in [2.45, 2.75) is 25.3 Å². The second-order valence-corrected chi connectivity index (χ2v) is 8.23. The fourth-order valence-electron chi connectivity index (χ4n) is 4.37. The number of pyridine rings is 1. The second kappa shape index (κ2) is 9.00. The lowest BCUT2D eigenvalue weighted by molar-refractivity contribution is -0.154. The lowest BCUT2D eigenvalue weighted by Crippen LogP contribution is -2.44. The monoisotopic (exact) mass is 507 g/mol. The van der Waals surface area contributed by atoms with Gasteiger partial charge in [0.2, 0.25) is 5.91 Å². The van der Waals surface area contributed by atoms with Gasteiger partial charge in [0.25, 0.3) is 0 Å². The quantitative estimate of drug-likeness (QED) is 0.217. The Balaban J connectivity index is 1.67. The Morgan fingerprint density at radius 3 is 2.78 bits per heavy atom. The average molecular weight is 507 g/mol. The molecule has 0 saturated heterocycles. The van der Waals surface area contributed by atoms with Crippen molar-refractivity contribution in [1.29, 1.82) is 0 Å². The van der Waals surface area contributed by atoms with E-state index in [1.54, 1.807) is 25.1 Å². The number of anilines is 2. The maximum Gasteiger partial charge on any atom is 0.326 e. The van der Waals surface area contributed by atoms with Crippen LogP contribution in [0, 0.1) is 11.6 Å². The van der Waals surface area contributed by atoms with E-state index >= 15 is 0 Å². The topological polar surface area (TPSA) is 155 Å². The number of fused-ring (bicyclic) bond motifs is 2. The SMILES string of the molecule is CCOC(=O)C1(CC=O)C(=O)Nc2nc(-c3nn(Cc4ccccc4F)c4ncc(F)cc34)nc(N)c21. The zero-order valence-corrected chi connectivity index (χ0v) is 19.4. The normalized spacial score (nSPS) is 16.5. The van der Waals surface area contributed by atoms with Crippen LogP contribution < -0.4 is 11.1 Å². The van der Waals surface area contributed by atoms with Crippen molar-refractivity contribution in [3.8, 4) is 11.5 Å². The van der Waals surface area contributed by atoms with Gasteiger partial charge in [-0.25, -0.2) is 28.4 Å². The average Bonchev–Trinajstić information content (AvgIpc) is 3.36. The molecule has 188 valence electrons. The molecular formula is C24H19F2N7O4. The molecule has 1 amide bonds. The van der Waals surface area contributed by atoms with E-state index in [9.17, 15) is 23.2 Å². The largest absolute Gasteiger partial charge is 0.465 e. The highest BCUT2D eigenvalue weighted by Gasteiger charge is 2.56. The molecule has 11 nitrogen and oxygen atoms in total. The third-order valence-electron chi connectivity index (χ3n) is 6.04. The molecule has 0 aliphatic carbocycles. The van der Waals surface area contributed by atoms with Crippen LogP contribution in [0.5, 0.6) is 0 Å². The number of aromatic nitrogens is 5. The summed E-state index contributed by atoms with van der Waals surface area (Å²) < 4.78 is 34.9. The highest BCUT2D eigenvalue weighted by Crippen LogP contribution is 2.44. The van der Waals surface area contributed by atoms with E-state index in [0.29, 0.717) is 11.8 Å². The number of esters is 1. The molecule has 0 bridgehead atoms. The molecule has 1 aliphatic heterocycles. The van der Waals surface area contributed by atoms with Gasteiger partial charge in [0.15, 0.2) is 16.9 Å². The summed E-state index contributed by atoms with van der Waals surface area (Å²) in [7, 11) is 0. The molecule has 0 saturated carbocycles. The first-order valence-electron chi connectivity index (χ1n) is 11.2. The minimum Gasteiger partial charge on any atom is -0.465 e.